The van der Waals surface area contributed by atoms with Gasteiger partial charge in [0, 0.05) is 18.6 Å². The minimum atomic E-state index is 0.401. The summed E-state index contributed by atoms with van der Waals surface area (Å²) in [5.41, 5.74) is 2.16. The van der Waals surface area contributed by atoms with Gasteiger partial charge in [-0.05, 0) is 18.9 Å². The van der Waals surface area contributed by atoms with E-state index in [1.54, 1.807) is 23.1 Å². The molecule has 17 heavy (non-hydrogen) atoms. The van der Waals surface area contributed by atoms with E-state index in [-0.39, 0.29) is 0 Å². The Morgan fingerprint density at radius 1 is 1.29 bits per heavy atom. The lowest BCUT2D eigenvalue weighted by atomic mass is 10.1. The summed E-state index contributed by atoms with van der Waals surface area (Å²) in [6, 6.07) is 1.75. The highest BCUT2D eigenvalue weighted by molar-refractivity contribution is 5.85. The zero-order valence-corrected chi connectivity index (χ0v) is 9.08. The Balaban J connectivity index is 2.25. The summed E-state index contributed by atoms with van der Waals surface area (Å²) in [4.78, 5) is 19.4. The number of carbonyl (C=O) groups is 1. The van der Waals surface area contributed by atoms with E-state index in [2.05, 4.69) is 15.1 Å². The minimum Gasteiger partial charge on any atom is -0.296 e. The van der Waals surface area contributed by atoms with Crippen molar-refractivity contribution in [3.05, 3.63) is 35.9 Å². The summed E-state index contributed by atoms with van der Waals surface area (Å²) in [6.07, 6.45) is 9.79. The standard InChI is InChI=1S/C12H10N4O/c17-8-9-11(12-13-5-3-6-14-12)10-4-1-2-7-16(10)15-9/h2-3,5-8H,1,4H2. The first-order chi connectivity index (χ1) is 8.40. The van der Waals surface area contributed by atoms with E-state index < -0.39 is 0 Å². The zero-order chi connectivity index (χ0) is 11.7. The molecule has 0 atom stereocenters. The van der Waals surface area contributed by atoms with Gasteiger partial charge in [0.05, 0.1) is 11.3 Å². The van der Waals surface area contributed by atoms with Crippen molar-refractivity contribution < 1.29 is 4.79 Å². The maximum absolute atomic E-state index is 11.1. The maximum atomic E-state index is 11.1. The molecule has 0 saturated heterocycles. The van der Waals surface area contributed by atoms with Crippen LogP contribution in [0, 0.1) is 0 Å². The van der Waals surface area contributed by atoms with Crippen LogP contribution in [0.4, 0.5) is 0 Å². The van der Waals surface area contributed by atoms with E-state index in [9.17, 15) is 4.79 Å². The number of hydrogen-bond donors (Lipinski definition) is 0. The number of aromatic nitrogens is 4. The van der Waals surface area contributed by atoms with E-state index in [0.717, 1.165) is 30.4 Å². The molecule has 3 rings (SSSR count). The fourth-order valence-corrected chi connectivity index (χ4v) is 2.00. The van der Waals surface area contributed by atoms with Gasteiger partial charge < -0.3 is 0 Å². The fourth-order valence-electron chi connectivity index (χ4n) is 2.00. The highest BCUT2D eigenvalue weighted by Crippen LogP contribution is 2.26. The number of carbonyl (C=O) groups excluding carboxylic acids is 1. The average molecular weight is 226 g/mol. The number of fused-ring (bicyclic) bond motifs is 1. The Hall–Kier alpha value is -2.30. The van der Waals surface area contributed by atoms with Crippen molar-refractivity contribution in [1.82, 2.24) is 19.7 Å². The van der Waals surface area contributed by atoms with Gasteiger partial charge >= 0.3 is 0 Å². The van der Waals surface area contributed by atoms with E-state index in [1.165, 1.54) is 0 Å². The van der Waals surface area contributed by atoms with Gasteiger partial charge in [-0.15, -0.1) is 0 Å². The number of allylic oxidation sites excluding steroid dienone is 1. The minimum absolute atomic E-state index is 0.401. The van der Waals surface area contributed by atoms with Crippen molar-refractivity contribution in [1.29, 1.82) is 0 Å². The van der Waals surface area contributed by atoms with Crippen LogP contribution in [0.15, 0.2) is 24.5 Å². The Labute approximate surface area is 97.8 Å². The molecule has 0 spiro atoms. The molecule has 2 aromatic heterocycles. The molecule has 0 unspecified atom stereocenters. The van der Waals surface area contributed by atoms with E-state index in [0.29, 0.717) is 11.5 Å². The topological polar surface area (TPSA) is 60.7 Å². The number of rotatable bonds is 2. The van der Waals surface area contributed by atoms with Crippen LogP contribution in [-0.4, -0.2) is 26.0 Å². The van der Waals surface area contributed by atoms with Crippen LogP contribution in [0.2, 0.25) is 0 Å². The second kappa shape index (κ2) is 3.93. The Kier molecular flexibility index (Phi) is 2.29. The molecule has 0 N–H and O–H groups in total. The quantitative estimate of drug-likeness (QED) is 0.729. The van der Waals surface area contributed by atoms with Crippen LogP contribution in [0.1, 0.15) is 22.6 Å². The zero-order valence-electron chi connectivity index (χ0n) is 9.08. The lowest BCUT2D eigenvalue weighted by Crippen LogP contribution is -2.02. The van der Waals surface area contributed by atoms with Gasteiger partial charge in [-0.1, -0.05) is 6.08 Å². The highest BCUT2D eigenvalue weighted by Gasteiger charge is 2.20. The van der Waals surface area contributed by atoms with Crippen LogP contribution < -0.4 is 0 Å². The number of hydrogen-bond acceptors (Lipinski definition) is 4. The van der Waals surface area contributed by atoms with Crippen molar-refractivity contribution in [2.45, 2.75) is 12.8 Å². The summed E-state index contributed by atoms with van der Waals surface area (Å²) in [7, 11) is 0. The molecule has 5 nitrogen and oxygen atoms in total. The fraction of sp³-hybridized carbons (Fsp3) is 0.167. The first kappa shape index (κ1) is 9.89. The van der Waals surface area contributed by atoms with Gasteiger partial charge in [0.25, 0.3) is 0 Å². The molecular weight excluding hydrogens is 216 g/mol. The largest absolute Gasteiger partial charge is 0.296 e. The molecule has 0 fully saturated rings. The van der Waals surface area contributed by atoms with Crippen LogP contribution in [0.3, 0.4) is 0 Å². The van der Waals surface area contributed by atoms with Gasteiger partial charge in [-0.3, -0.25) is 4.79 Å². The Morgan fingerprint density at radius 2 is 2.12 bits per heavy atom. The van der Waals surface area contributed by atoms with Crippen LogP contribution in [0.25, 0.3) is 17.6 Å². The van der Waals surface area contributed by atoms with Crippen molar-refractivity contribution in [3.8, 4) is 11.4 Å². The molecule has 0 amide bonds. The molecule has 1 aliphatic rings. The third-order valence-corrected chi connectivity index (χ3v) is 2.73. The maximum Gasteiger partial charge on any atom is 0.171 e. The second-order valence-electron chi connectivity index (χ2n) is 3.77. The van der Waals surface area contributed by atoms with Gasteiger partial charge in [-0.2, -0.15) is 5.10 Å². The van der Waals surface area contributed by atoms with Crippen molar-refractivity contribution in [2.75, 3.05) is 0 Å². The molecule has 0 radical (unpaired) electrons. The summed E-state index contributed by atoms with van der Waals surface area (Å²) < 4.78 is 1.74. The first-order valence-electron chi connectivity index (χ1n) is 5.41. The predicted molar refractivity (Wildman–Crippen MR) is 62.3 cm³/mol. The molecule has 0 bridgehead atoms. The number of aldehydes is 1. The van der Waals surface area contributed by atoms with Crippen molar-refractivity contribution in [2.24, 2.45) is 0 Å². The van der Waals surface area contributed by atoms with E-state index >= 15 is 0 Å². The Bertz CT molecular complexity index is 586. The molecule has 0 aromatic carbocycles. The molecular formula is C12H10N4O. The van der Waals surface area contributed by atoms with E-state index in [4.69, 9.17) is 0 Å². The van der Waals surface area contributed by atoms with Crippen LogP contribution in [-0.2, 0) is 6.42 Å². The van der Waals surface area contributed by atoms with Crippen LogP contribution >= 0.6 is 0 Å². The van der Waals surface area contributed by atoms with Crippen molar-refractivity contribution >= 4 is 12.5 Å². The summed E-state index contributed by atoms with van der Waals surface area (Å²) in [6.45, 7) is 0. The molecule has 1 aliphatic heterocycles. The molecule has 2 aromatic rings. The second-order valence-corrected chi connectivity index (χ2v) is 3.77. The lowest BCUT2D eigenvalue weighted by Gasteiger charge is -2.08. The Morgan fingerprint density at radius 3 is 2.88 bits per heavy atom. The summed E-state index contributed by atoms with van der Waals surface area (Å²) >= 11 is 0. The SMILES string of the molecule is O=Cc1nn2c(c1-c1ncccn1)CCC=C2. The average Bonchev–Trinajstić information content (AvgIpc) is 2.78. The third-order valence-electron chi connectivity index (χ3n) is 2.73. The monoisotopic (exact) mass is 226 g/mol. The highest BCUT2D eigenvalue weighted by atomic mass is 16.1. The van der Waals surface area contributed by atoms with Crippen LogP contribution in [0.5, 0.6) is 0 Å². The lowest BCUT2D eigenvalue weighted by molar-refractivity contribution is 0.111. The third kappa shape index (κ3) is 1.56. The molecule has 3 heterocycles. The normalized spacial score (nSPS) is 13.4. The smallest absolute Gasteiger partial charge is 0.171 e. The van der Waals surface area contributed by atoms with Gasteiger partial charge in [0.1, 0.15) is 5.69 Å². The molecule has 0 saturated carbocycles. The van der Waals surface area contributed by atoms with Gasteiger partial charge in [0.2, 0.25) is 0 Å². The first-order valence-corrected chi connectivity index (χ1v) is 5.41. The molecule has 0 aliphatic carbocycles. The summed E-state index contributed by atoms with van der Waals surface area (Å²) in [5.74, 6) is 0.561. The van der Waals surface area contributed by atoms with Crippen molar-refractivity contribution in [3.63, 3.8) is 0 Å². The van der Waals surface area contributed by atoms with E-state index in [1.807, 2.05) is 12.3 Å². The number of nitrogens with zero attached hydrogens (tertiary/aromatic N) is 4. The van der Waals surface area contributed by atoms with Gasteiger partial charge in [0.15, 0.2) is 12.1 Å². The predicted octanol–water partition coefficient (Wildman–Crippen LogP) is 1.57. The molecule has 5 heteroatoms. The summed E-state index contributed by atoms with van der Waals surface area (Å²) in [5, 5.41) is 4.23. The molecule has 84 valence electrons. The van der Waals surface area contributed by atoms with Gasteiger partial charge in [-0.25, -0.2) is 14.6 Å².